The quantitative estimate of drug-likeness (QED) is 0.657. The van der Waals surface area contributed by atoms with Crippen molar-refractivity contribution in [2.45, 2.75) is 6.54 Å². The maximum absolute atomic E-state index is 12.3. The van der Waals surface area contributed by atoms with E-state index in [0.29, 0.717) is 11.9 Å². The number of halogens is 1. The molecule has 0 aliphatic carbocycles. The summed E-state index contributed by atoms with van der Waals surface area (Å²) in [6, 6.07) is 15.6. The Balaban J connectivity index is 2.04. The number of rotatable bonds is 2. The van der Waals surface area contributed by atoms with Gasteiger partial charge in [0, 0.05) is 3.57 Å². The van der Waals surface area contributed by atoms with Gasteiger partial charge in [-0.05, 0) is 52.4 Å². The Morgan fingerprint density at radius 1 is 1.05 bits per heavy atom. The molecule has 0 unspecified atom stereocenters. The highest BCUT2D eigenvalue weighted by Crippen LogP contribution is 2.09. The van der Waals surface area contributed by atoms with E-state index in [1.54, 1.807) is 10.9 Å². The van der Waals surface area contributed by atoms with E-state index in [9.17, 15) is 4.79 Å². The molecule has 0 radical (unpaired) electrons. The van der Waals surface area contributed by atoms with Gasteiger partial charge in [-0.15, -0.1) is 0 Å². The van der Waals surface area contributed by atoms with E-state index in [0.717, 1.165) is 11.1 Å². The van der Waals surface area contributed by atoms with Gasteiger partial charge in [0.15, 0.2) is 0 Å². The maximum Gasteiger partial charge on any atom is 0.261 e. The first-order valence-electron chi connectivity index (χ1n) is 5.93. The summed E-state index contributed by atoms with van der Waals surface area (Å²) in [5, 5.41) is 0.663. The summed E-state index contributed by atoms with van der Waals surface area (Å²) in [5.41, 5.74) is 1.84. The van der Waals surface area contributed by atoms with Gasteiger partial charge in [-0.2, -0.15) is 0 Å². The lowest BCUT2D eigenvalue weighted by molar-refractivity contribution is 0.748. The molecule has 3 nitrogen and oxygen atoms in total. The van der Waals surface area contributed by atoms with Crippen molar-refractivity contribution in [2.24, 2.45) is 0 Å². The van der Waals surface area contributed by atoms with Crippen LogP contribution in [0.15, 0.2) is 59.7 Å². The summed E-state index contributed by atoms with van der Waals surface area (Å²) in [4.78, 5) is 16.6. The molecule has 3 rings (SSSR count). The van der Waals surface area contributed by atoms with E-state index < -0.39 is 0 Å². The van der Waals surface area contributed by atoms with Gasteiger partial charge in [-0.3, -0.25) is 9.36 Å². The summed E-state index contributed by atoms with van der Waals surface area (Å²) in [7, 11) is 0. The Labute approximate surface area is 124 Å². The van der Waals surface area contributed by atoms with Crippen LogP contribution in [-0.2, 0) is 6.54 Å². The lowest BCUT2D eigenvalue weighted by Crippen LogP contribution is -2.21. The Bertz CT molecular complexity index is 778. The highest BCUT2D eigenvalue weighted by atomic mass is 127. The molecule has 0 aliphatic heterocycles. The lowest BCUT2D eigenvalue weighted by atomic mass is 10.2. The van der Waals surface area contributed by atoms with Crippen molar-refractivity contribution in [3.8, 4) is 0 Å². The van der Waals surface area contributed by atoms with Crippen LogP contribution in [0, 0.1) is 3.57 Å². The van der Waals surface area contributed by atoms with Gasteiger partial charge in [0.25, 0.3) is 5.56 Å². The van der Waals surface area contributed by atoms with Crippen molar-refractivity contribution >= 4 is 33.5 Å². The minimum Gasteiger partial charge on any atom is -0.294 e. The minimum absolute atomic E-state index is 0.00384. The molecular formula is C15H11IN2O. The second-order valence-electron chi connectivity index (χ2n) is 4.32. The van der Waals surface area contributed by atoms with Crippen LogP contribution in [0.5, 0.6) is 0 Å². The van der Waals surface area contributed by atoms with Gasteiger partial charge in [-0.25, -0.2) is 4.98 Å². The second-order valence-corrected chi connectivity index (χ2v) is 5.57. The van der Waals surface area contributed by atoms with Gasteiger partial charge < -0.3 is 0 Å². The van der Waals surface area contributed by atoms with Gasteiger partial charge in [0.05, 0.1) is 23.8 Å². The molecule has 4 heteroatoms. The Kier molecular flexibility index (Phi) is 3.33. The molecule has 0 aliphatic rings. The van der Waals surface area contributed by atoms with Gasteiger partial charge >= 0.3 is 0 Å². The topological polar surface area (TPSA) is 34.9 Å². The fraction of sp³-hybridized carbons (Fsp3) is 0.0667. The summed E-state index contributed by atoms with van der Waals surface area (Å²) >= 11 is 2.26. The zero-order chi connectivity index (χ0) is 13.2. The average Bonchev–Trinajstić information content (AvgIpc) is 2.45. The first-order chi connectivity index (χ1) is 9.24. The SMILES string of the molecule is O=c1c2ccccc2ncn1Cc1ccc(I)cc1. The van der Waals surface area contributed by atoms with Crippen LogP contribution >= 0.6 is 22.6 Å². The van der Waals surface area contributed by atoms with Crippen molar-refractivity contribution in [3.63, 3.8) is 0 Å². The first kappa shape index (κ1) is 12.3. The standard InChI is InChI=1S/C15H11IN2O/c16-12-7-5-11(6-8-12)9-18-10-17-14-4-2-1-3-13(14)15(18)19/h1-8,10H,9H2. The predicted octanol–water partition coefficient (Wildman–Crippen LogP) is 3.05. The van der Waals surface area contributed by atoms with E-state index >= 15 is 0 Å². The molecule has 0 atom stereocenters. The molecule has 1 heterocycles. The van der Waals surface area contributed by atoms with E-state index in [4.69, 9.17) is 0 Å². The minimum atomic E-state index is 0.00384. The van der Waals surface area contributed by atoms with Crippen LogP contribution in [0.1, 0.15) is 5.56 Å². The number of hydrogen-bond donors (Lipinski definition) is 0. The maximum atomic E-state index is 12.3. The van der Waals surface area contributed by atoms with Crippen LogP contribution in [0.2, 0.25) is 0 Å². The van der Waals surface area contributed by atoms with Crippen LogP contribution in [0.25, 0.3) is 10.9 Å². The van der Waals surface area contributed by atoms with Crippen molar-refractivity contribution in [1.29, 1.82) is 0 Å². The van der Waals surface area contributed by atoms with E-state index in [1.165, 1.54) is 3.57 Å². The first-order valence-corrected chi connectivity index (χ1v) is 7.00. The number of aromatic nitrogens is 2. The van der Waals surface area contributed by atoms with Crippen LogP contribution in [0.4, 0.5) is 0 Å². The highest BCUT2D eigenvalue weighted by Gasteiger charge is 2.03. The zero-order valence-corrected chi connectivity index (χ0v) is 12.2. The lowest BCUT2D eigenvalue weighted by Gasteiger charge is -2.06. The fourth-order valence-corrected chi connectivity index (χ4v) is 2.36. The Morgan fingerprint density at radius 3 is 2.58 bits per heavy atom. The fourth-order valence-electron chi connectivity index (χ4n) is 2.01. The summed E-state index contributed by atoms with van der Waals surface area (Å²) in [5.74, 6) is 0. The van der Waals surface area contributed by atoms with Gasteiger partial charge in [0.1, 0.15) is 0 Å². The number of benzene rings is 2. The molecule has 1 aromatic heterocycles. The molecule has 0 fully saturated rings. The molecule has 0 amide bonds. The van der Waals surface area contributed by atoms with E-state index in [2.05, 4.69) is 27.6 Å². The Morgan fingerprint density at radius 2 is 1.79 bits per heavy atom. The second kappa shape index (κ2) is 5.13. The smallest absolute Gasteiger partial charge is 0.261 e. The summed E-state index contributed by atoms with van der Waals surface area (Å²) in [6.45, 7) is 0.549. The van der Waals surface area contributed by atoms with Gasteiger partial charge in [0.2, 0.25) is 0 Å². The van der Waals surface area contributed by atoms with Gasteiger partial charge in [-0.1, -0.05) is 24.3 Å². The normalized spacial score (nSPS) is 10.8. The number of nitrogens with zero attached hydrogens (tertiary/aromatic N) is 2. The Hall–Kier alpha value is -1.69. The molecule has 3 aromatic rings. The van der Waals surface area contributed by atoms with E-state index in [1.807, 2.05) is 48.5 Å². The third kappa shape index (κ3) is 2.53. The zero-order valence-electron chi connectivity index (χ0n) is 10.1. The van der Waals surface area contributed by atoms with Crippen molar-refractivity contribution < 1.29 is 0 Å². The van der Waals surface area contributed by atoms with Crippen LogP contribution in [0.3, 0.4) is 0 Å². The van der Waals surface area contributed by atoms with Crippen LogP contribution in [-0.4, -0.2) is 9.55 Å². The summed E-state index contributed by atoms with van der Waals surface area (Å²) < 4.78 is 2.83. The molecule has 2 aromatic carbocycles. The largest absolute Gasteiger partial charge is 0.294 e. The molecule has 19 heavy (non-hydrogen) atoms. The van der Waals surface area contributed by atoms with Crippen molar-refractivity contribution in [2.75, 3.05) is 0 Å². The van der Waals surface area contributed by atoms with Crippen molar-refractivity contribution in [3.05, 3.63) is 74.3 Å². The molecule has 0 bridgehead atoms. The molecule has 0 saturated heterocycles. The van der Waals surface area contributed by atoms with Crippen molar-refractivity contribution in [1.82, 2.24) is 9.55 Å². The number of hydrogen-bond acceptors (Lipinski definition) is 2. The average molecular weight is 362 g/mol. The monoisotopic (exact) mass is 362 g/mol. The molecule has 94 valence electrons. The highest BCUT2D eigenvalue weighted by molar-refractivity contribution is 14.1. The third-order valence-electron chi connectivity index (χ3n) is 3.00. The molecule has 0 N–H and O–H groups in total. The third-order valence-corrected chi connectivity index (χ3v) is 3.72. The molecule has 0 saturated carbocycles. The van der Waals surface area contributed by atoms with E-state index in [-0.39, 0.29) is 5.56 Å². The van der Waals surface area contributed by atoms with Crippen LogP contribution < -0.4 is 5.56 Å². The number of fused-ring (bicyclic) bond motifs is 1. The molecule has 0 spiro atoms. The number of para-hydroxylation sites is 1. The summed E-state index contributed by atoms with van der Waals surface area (Å²) in [6.07, 6.45) is 1.61. The predicted molar refractivity (Wildman–Crippen MR) is 84.3 cm³/mol. The molecular weight excluding hydrogens is 351 g/mol.